The molecule has 0 atom stereocenters. The van der Waals surface area contributed by atoms with E-state index in [1.165, 1.54) is 6.07 Å². The van der Waals surface area contributed by atoms with Crippen molar-refractivity contribution in [2.75, 3.05) is 5.73 Å². The Morgan fingerprint density at radius 3 is 2.80 bits per heavy atom. The van der Waals surface area contributed by atoms with E-state index in [1.807, 2.05) is 31.2 Å². The molecule has 2 aromatic rings. The van der Waals surface area contributed by atoms with Gasteiger partial charge in [-0.3, -0.25) is 10.1 Å². The molecule has 0 aliphatic heterocycles. The van der Waals surface area contributed by atoms with Crippen molar-refractivity contribution in [1.29, 1.82) is 0 Å². The molecular weight excluding hydrogens is 340 g/mol. The summed E-state index contributed by atoms with van der Waals surface area (Å²) in [5.41, 5.74) is 8.63. The van der Waals surface area contributed by atoms with Gasteiger partial charge in [0.1, 0.15) is 0 Å². The fourth-order valence-corrected chi connectivity index (χ4v) is 3.55. The summed E-state index contributed by atoms with van der Waals surface area (Å²) in [5.74, 6) is 0.645. The summed E-state index contributed by atoms with van der Waals surface area (Å²) < 4.78 is 0.541. The molecule has 6 heteroatoms. The van der Waals surface area contributed by atoms with Crippen molar-refractivity contribution in [2.45, 2.75) is 17.6 Å². The van der Waals surface area contributed by atoms with E-state index in [1.54, 1.807) is 17.8 Å². The minimum Gasteiger partial charge on any atom is -0.399 e. The summed E-state index contributed by atoms with van der Waals surface area (Å²) in [4.78, 5) is 11.6. The van der Waals surface area contributed by atoms with Gasteiger partial charge in [-0.15, -0.1) is 11.8 Å². The van der Waals surface area contributed by atoms with Gasteiger partial charge in [0.2, 0.25) is 0 Å². The summed E-state index contributed by atoms with van der Waals surface area (Å²) in [6, 6.07) is 10.8. The van der Waals surface area contributed by atoms with Crippen LogP contribution in [0.2, 0.25) is 0 Å². The van der Waals surface area contributed by atoms with Gasteiger partial charge in [-0.2, -0.15) is 0 Å². The first-order valence-electron chi connectivity index (χ1n) is 5.89. The maximum Gasteiger partial charge on any atom is 0.283 e. The first-order valence-corrected chi connectivity index (χ1v) is 7.67. The van der Waals surface area contributed by atoms with Crippen LogP contribution in [0.3, 0.4) is 0 Å². The molecule has 0 fully saturated rings. The van der Waals surface area contributed by atoms with Crippen LogP contribution in [-0.4, -0.2) is 4.92 Å². The molecule has 0 heterocycles. The normalized spacial score (nSPS) is 10.5. The Balaban J connectivity index is 2.21. The van der Waals surface area contributed by atoms with E-state index in [2.05, 4.69) is 15.9 Å². The Kier molecular flexibility index (Phi) is 4.67. The molecule has 0 saturated carbocycles. The van der Waals surface area contributed by atoms with Crippen molar-refractivity contribution >= 4 is 39.1 Å². The zero-order valence-corrected chi connectivity index (χ0v) is 13.2. The second-order valence-electron chi connectivity index (χ2n) is 4.32. The smallest absolute Gasteiger partial charge is 0.283 e. The molecule has 0 amide bonds. The number of hydrogen-bond acceptors (Lipinski definition) is 4. The third-order valence-corrected chi connectivity index (χ3v) is 4.97. The van der Waals surface area contributed by atoms with Gasteiger partial charge in [0.05, 0.1) is 9.40 Å². The predicted molar refractivity (Wildman–Crippen MR) is 85.9 cm³/mol. The Labute approximate surface area is 129 Å². The molecule has 0 spiro atoms. The minimum absolute atomic E-state index is 0.0902. The number of aryl methyl sites for hydroxylation is 1. The lowest BCUT2D eigenvalue weighted by Crippen LogP contribution is -1.93. The van der Waals surface area contributed by atoms with Gasteiger partial charge in [-0.1, -0.05) is 18.2 Å². The van der Waals surface area contributed by atoms with Crippen LogP contribution < -0.4 is 5.73 Å². The van der Waals surface area contributed by atoms with E-state index < -0.39 is 0 Å². The molecule has 0 aromatic heterocycles. The van der Waals surface area contributed by atoms with Gasteiger partial charge < -0.3 is 5.73 Å². The standard InChI is InChI=1S/C14H13BrN2O2S/c1-9-5-6-11(16)7-13(9)20-8-10-3-2-4-12(14(10)15)17(18)19/h2-7H,8,16H2,1H3. The molecule has 0 bridgehead atoms. The molecule has 2 aromatic carbocycles. The quantitative estimate of drug-likeness (QED) is 0.379. The third kappa shape index (κ3) is 3.32. The molecule has 2 N–H and O–H groups in total. The topological polar surface area (TPSA) is 69.2 Å². The van der Waals surface area contributed by atoms with Crippen molar-refractivity contribution in [3.8, 4) is 0 Å². The summed E-state index contributed by atoms with van der Waals surface area (Å²) in [7, 11) is 0. The Hall–Kier alpha value is -1.53. The predicted octanol–water partition coefficient (Wildman–Crippen LogP) is 4.54. The maximum absolute atomic E-state index is 10.9. The average Bonchev–Trinajstić information content (AvgIpc) is 2.41. The van der Waals surface area contributed by atoms with Gasteiger partial charge in [0, 0.05) is 22.4 Å². The van der Waals surface area contributed by atoms with Gasteiger partial charge in [0.25, 0.3) is 5.69 Å². The second-order valence-corrected chi connectivity index (χ2v) is 6.13. The third-order valence-electron chi connectivity index (χ3n) is 2.85. The number of nitro benzene ring substituents is 1. The number of nitrogen functional groups attached to an aromatic ring is 1. The van der Waals surface area contributed by atoms with Crippen molar-refractivity contribution < 1.29 is 4.92 Å². The molecule has 4 nitrogen and oxygen atoms in total. The van der Waals surface area contributed by atoms with E-state index in [4.69, 9.17) is 5.73 Å². The number of anilines is 1. The maximum atomic E-state index is 10.9. The van der Waals surface area contributed by atoms with Crippen LogP contribution in [0.15, 0.2) is 45.8 Å². The van der Waals surface area contributed by atoms with Gasteiger partial charge in [-0.25, -0.2) is 0 Å². The van der Waals surface area contributed by atoms with Crippen LogP contribution in [0.1, 0.15) is 11.1 Å². The lowest BCUT2D eigenvalue weighted by molar-refractivity contribution is -0.385. The Morgan fingerprint density at radius 2 is 2.10 bits per heavy atom. The highest BCUT2D eigenvalue weighted by atomic mass is 79.9. The average molecular weight is 353 g/mol. The molecule has 0 aliphatic rings. The van der Waals surface area contributed by atoms with Crippen LogP contribution in [0, 0.1) is 17.0 Å². The van der Waals surface area contributed by atoms with Crippen LogP contribution in [0.5, 0.6) is 0 Å². The largest absolute Gasteiger partial charge is 0.399 e. The van der Waals surface area contributed by atoms with Crippen LogP contribution in [-0.2, 0) is 5.75 Å². The number of benzene rings is 2. The SMILES string of the molecule is Cc1ccc(N)cc1SCc1cccc([N+](=O)[O-])c1Br. The second kappa shape index (κ2) is 6.28. The summed E-state index contributed by atoms with van der Waals surface area (Å²) in [5, 5.41) is 10.9. The summed E-state index contributed by atoms with van der Waals surface area (Å²) >= 11 is 4.92. The molecule has 104 valence electrons. The minimum atomic E-state index is -0.385. The molecule has 0 aliphatic carbocycles. The van der Waals surface area contributed by atoms with Crippen LogP contribution >= 0.6 is 27.7 Å². The van der Waals surface area contributed by atoms with Crippen LogP contribution in [0.4, 0.5) is 11.4 Å². The molecule has 0 radical (unpaired) electrons. The highest BCUT2D eigenvalue weighted by Crippen LogP contribution is 2.34. The fraction of sp³-hybridized carbons (Fsp3) is 0.143. The molecule has 2 rings (SSSR count). The Morgan fingerprint density at radius 1 is 1.35 bits per heavy atom. The first-order chi connectivity index (χ1) is 9.49. The zero-order valence-electron chi connectivity index (χ0n) is 10.8. The van der Waals surface area contributed by atoms with E-state index >= 15 is 0 Å². The van der Waals surface area contributed by atoms with E-state index in [-0.39, 0.29) is 10.6 Å². The van der Waals surface area contributed by atoms with Gasteiger partial charge in [0.15, 0.2) is 0 Å². The van der Waals surface area contributed by atoms with Crippen molar-refractivity contribution in [2.24, 2.45) is 0 Å². The highest BCUT2D eigenvalue weighted by Gasteiger charge is 2.15. The van der Waals surface area contributed by atoms with E-state index in [0.29, 0.717) is 10.2 Å². The lowest BCUT2D eigenvalue weighted by atomic mass is 10.2. The van der Waals surface area contributed by atoms with E-state index in [9.17, 15) is 10.1 Å². The summed E-state index contributed by atoms with van der Waals surface area (Å²) in [6.07, 6.45) is 0. The molecule has 0 unspecified atom stereocenters. The lowest BCUT2D eigenvalue weighted by Gasteiger charge is -2.08. The highest BCUT2D eigenvalue weighted by molar-refractivity contribution is 9.10. The number of rotatable bonds is 4. The van der Waals surface area contributed by atoms with Crippen molar-refractivity contribution in [3.63, 3.8) is 0 Å². The zero-order chi connectivity index (χ0) is 14.7. The van der Waals surface area contributed by atoms with Gasteiger partial charge >= 0.3 is 0 Å². The molecule has 20 heavy (non-hydrogen) atoms. The van der Waals surface area contributed by atoms with Gasteiger partial charge in [-0.05, 0) is 46.1 Å². The van der Waals surface area contributed by atoms with Crippen molar-refractivity contribution in [1.82, 2.24) is 0 Å². The van der Waals surface area contributed by atoms with Crippen LogP contribution in [0.25, 0.3) is 0 Å². The molecule has 0 saturated heterocycles. The van der Waals surface area contributed by atoms with Crippen molar-refractivity contribution in [3.05, 3.63) is 62.1 Å². The van der Waals surface area contributed by atoms with E-state index in [0.717, 1.165) is 21.7 Å². The number of nitrogens with zero attached hydrogens (tertiary/aromatic N) is 1. The fourth-order valence-electron chi connectivity index (χ4n) is 1.75. The number of nitro groups is 1. The number of hydrogen-bond donors (Lipinski definition) is 1. The Bertz CT molecular complexity index is 662. The molecular formula is C14H13BrN2O2S. The summed E-state index contributed by atoms with van der Waals surface area (Å²) in [6.45, 7) is 2.02. The number of nitrogens with two attached hydrogens (primary N) is 1. The number of thioether (sulfide) groups is 1. The number of halogens is 1. The monoisotopic (exact) mass is 352 g/mol. The first kappa shape index (κ1) is 14.9.